The van der Waals surface area contributed by atoms with Gasteiger partial charge < -0.3 is 14.8 Å². The van der Waals surface area contributed by atoms with Gasteiger partial charge in [-0.25, -0.2) is 4.39 Å². The molecular formula is C20H16FNO3. The molecule has 4 nitrogen and oxygen atoms in total. The maximum absolute atomic E-state index is 13.1. The third-order valence-corrected chi connectivity index (χ3v) is 3.30. The van der Waals surface area contributed by atoms with Gasteiger partial charge in [0, 0.05) is 6.07 Å². The normalized spacial score (nSPS) is 10.1. The Labute approximate surface area is 144 Å². The molecule has 0 bridgehead atoms. The summed E-state index contributed by atoms with van der Waals surface area (Å²) in [5, 5.41) is 2.73. The Morgan fingerprint density at radius 1 is 0.880 bits per heavy atom. The van der Waals surface area contributed by atoms with Crippen LogP contribution in [0.3, 0.4) is 0 Å². The molecule has 0 aliphatic carbocycles. The first-order valence-corrected chi connectivity index (χ1v) is 7.71. The first-order chi connectivity index (χ1) is 12.2. The molecule has 126 valence electrons. The first-order valence-electron chi connectivity index (χ1n) is 7.71. The monoisotopic (exact) mass is 337 g/mol. The lowest BCUT2D eigenvalue weighted by molar-refractivity contribution is -0.118. The molecule has 0 aliphatic rings. The molecule has 0 unspecified atom stereocenters. The van der Waals surface area contributed by atoms with Crippen LogP contribution in [0.2, 0.25) is 0 Å². The highest BCUT2D eigenvalue weighted by molar-refractivity contribution is 5.93. The fraction of sp³-hybridized carbons (Fsp3) is 0.0500. The largest absolute Gasteiger partial charge is 0.484 e. The van der Waals surface area contributed by atoms with Gasteiger partial charge in [-0.15, -0.1) is 0 Å². The third-order valence-electron chi connectivity index (χ3n) is 3.30. The van der Waals surface area contributed by atoms with E-state index in [9.17, 15) is 9.18 Å². The van der Waals surface area contributed by atoms with Crippen LogP contribution in [0.1, 0.15) is 0 Å². The van der Waals surface area contributed by atoms with Gasteiger partial charge in [-0.05, 0) is 36.4 Å². The van der Waals surface area contributed by atoms with Crippen molar-refractivity contribution >= 4 is 11.6 Å². The van der Waals surface area contributed by atoms with Crippen LogP contribution in [0, 0.1) is 5.82 Å². The van der Waals surface area contributed by atoms with Crippen LogP contribution in [-0.2, 0) is 4.79 Å². The lowest BCUT2D eigenvalue weighted by atomic mass is 10.3. The van der Waals surface area contributed by atoms with Crippen molar-refractivity contribution in [2.75, 3.05) is 11.9 Å². The molecule has 0 radical (unpaired) electrons. The van der Waals surface area contributed by atoms with Crippen molar-refractivity contribution in [1.29, 1.82) is 0 Å². The second-order valence-electron chi connectivity index (χ2n) is 5.21. The van der Waals surface area contributed by atoms with Gasteiger partial charge >= 0.3 is 0 Å². The zero-order valence-electron chi connectivity index (χ0n) is 13.3. The van der Waals surface area contributed by atoms with Gasteiger partial charge in [-0.1, -0.05) is 36.4 Å². The summed E-state index contributed by atoms with van der Waals surface area (Å²) < 4.78 is 24.2. The van der Waals surface area contributed by atoms with Crippen LogP contribution in [0.5, 0.6) is 17.2 Å². The van der Waals surface area contributed by atoms with E-state index in [-0.39, 0.29) is 12.5 Å². The summed E-state index contributed by atoms with van der Waals surface area (Å²) in [6, 6.07) is 22.0. The Bertz CT molecular complexity index is 852. The molecule has 0 spiro atoms. The number of carbonyl (C=O) groups is 1. The maximum Gasteiger partial charge on any atom is 0.262 e. The highest BCUT2D eigenvalue weighted by Crippen LogP contribution is 2.29. The zero-order chi connectivity index (χ0) is 17.5. The van der Waals surface area contributed by atoms with Gasteiger partial charge in [-0.2, -0.15) is 0 Å². The second-order valence-corrected chi connectivity index (χ2v) is 5.21. The van der Waals surface area contributed by atoms with Crippen LogP contribution in [0.15, 0.2) is 78.9 Å². The van der Waals surface area contributed by atoms with Crippen molar-refractivity contribution in [3.63, 3.8) is 0 Å². The summed E-state index contributed by atoms with van der Waals surface area (Å²) in [6.45, 7) is -0.233. The van der Waals surface area contributed by atoms with Crippen LogP contribution >= 0.6 is 0 Å². The summed E-state index contributed by atoms with van der Waals surface area (Å²) in [6.07, 6.45) is 0. The SMILES string of the molecule is O=C(COc1cccc(F)c1)Nc1ccccc1Oc1ccccc1. The highest BCUT2D eigenvalue weighted by Gasteiger charge is 2.09. The molecule has 5 heteroatoms. The van der Waals surface area contributed by atoms with E-state index < -0.39 is 5.82 Å². The number of benzene rings is 3. The van der Waals surface area contributed by atoms with Gasteiger partial charge in [0.05, 0.1) is 5.69 Å². The van der Waals surface area contributed by atoms with Crippen LogP contribution in [0.4, 0.5) is 10.1 Å². The van der Waals surface area contributed by atoms with Crippen molar-refractivity contribution in [2.45, 2.75) is 0 Å². The van der Waals surface area contributed by atoms with Crippen molar-refractivity contribution in [3.05, 3.63) is 84.7 Å². The molecule has 1 N–H and O–H groups in total. The summed E-state index contributed by atoms with van der Waals surface area (Å²) in [5.74, 6) is 0.699. The Morgan fingerprint density at radius 3 is 2.40 bits per heavy atom. The Hall–Kier alpha value is -3.34. The van der Waals surface area contributed by atoms with E-state index in [1.165, 1.54) is 18.2 Å². The number of anilines is 1. The lowest BCUT2D eigenvalue weighted by Crippen LogP contribution is -2.20. The molecule has 0 aliphatic heterocycles. The Kier molecular flexibility index (Phi) is 5.26. The maximum atomic E-state index is 13.1. The molecule has 0 aromatic heterocycles. The van der Waals surface area contributed by atoms with E-state index in [4.69, 9.17) is 9.47 Å². The van der Waals surface area contributed by atoms with E-state index in [1.54, 1.807) is 24.3 Å². The fourth-order valence-electron chi connectivity index (χ4n) is 2.17. The molecule has 0 atom stereocenters. The molecule has 3 aromatic rings. The van der Waals surface area contributed by atoms with Gasteiger partial charge in [-0.3, -0.25) is 4.79 Å². The van der Waals surface area contributed by atoms with Crippen molar-refractivity contribution in [2.24, 2.45) is 0 Å². The number of halogens is 1. The standard InChI is InChI=1S/C20H16FNO3/c21-15-7-6-10-17(13-15)24-14-20(23)22-18-11-4-5-12-19(18)25-16-8-2-1-3-9-16/h1-13H,14H2,(H,22,23). The molecule has 3 rings (SSSR count). The molecule has 25 heavy (non-hydrogen) atoms. The minimum absolute atomic E-state index is 0.233. The molecule has 0 saturated carbocycles. The van der Waals surface area contributed by atoms with Crippen molar-refractivity contribution in [3.8, 4) is 17.2 Å². The van der Waals surface area contributed by atoms with Gasteiger partial charge in [0.1, 0.15) is 17.3 Å². The number of ether oxygens (including phenoxy) is 2. The Morgan fingerprint density at radius 2 is 1.60 bits per heavy atom. The number of hydrogen-bond donors (Lipinski definition) is 1. The number of para-hydroxylation sites is 3. The van der Waals surface area contributed by atoms with Crippen LogP contribution < -0.4 is 14.8 Å². The van der Waals surface area contributed by atoms with Crippen molar-refractivity contribution in [1.82, 2.24) is 0 Å². The predicted octanol–water partition coefficient (Wildman–Crippen LogP) is 4.64. The summed E-state index contributed by atoms with van der Waals surface area (Å²) in [7, 11) is 0. The first kappa shape index (κ1) is 16.5. The smallest absolute Gasteiger partial charge is 0.262 e. The van der Waals surface area contributed by atoms with Crippen molar-refractivity contribution < 1.29 is 18.7 Å². The van der Waals surface area contributed by atoms with E-state index in [0.717, 1.165) is 0 Å². The summed E-state index contributed by atoms with van der Waals surface area (Å²) in [5.41, 5.74) is 0.527. The number of amides is 1. The number of carbonyl (C=O) groups excluding carboxylic acids is 1. The molecule has 0 fully saturated rings. The van der Waals surface area contributed by atoms with Crippen LogP contribution in [-0.4, -0.2) is 12.5 Å². The van der Waals surface area contributed by atoms with E-state index in [2.05, 4.69) is 5.32 Å². The molecular weight excluding hydrogens is 321 g/mol. The van der Waals surface area contributed by atoms with Gasteiger partial charge in [0.25, 0.3) is 5.91 Å². The molecule has 1 amide bonds. The summed E-state index contributed by atoms with van der Waals surface area (Å²) >= 11 is 0. The van der Waals surface area contributed by atoms with Gasteiger partial charge in [0.2, 0.25) is 0 Å². The van der Waals surface area contributed by atoms with E-state index >= 15 is 0 Å². The average molecular weight is 337 g/mol. The second kappa shape index (κ2) is 7.97. The predicted molar refractivity (Wildman–Crippen MR) is 93.5 cm³/mol. The molecule has 0 heterocycles. The lowest BCUT2D eigenvalue weighted by Gasteiger charge is -2.12. The number of rotatable bonds is 6. The Balaban J connectivity index is 1.63. The van der Waals surface area contributed by atoms with Gasteiger partial charge in [0.15, 0.2) is 12.4 Å². The highest BCUT2D eigenvalue weighted by atomic mass is 19.1. The van der Waals surface area contributed by atoms with Crippen LogP contribution in [0.25, 0.3) is 0 Å². The molecule has 3 aromatic carbocycles. The fourth-order valence-corrected chi connectivity index (χ4v) is 2.17. The molecule has 0 saturated heterocycles. The van der Waals surface area contributed by atoms with E-state index in [1.807, 2.05) is 36.4 Å². The van der Waals surface area contributed by atoms with E-state index in [0.29, 0.717) is 22.9 Å². The zero-order valence-corrected chi connectivity index (χ0v) is 13.3. The number of hydrogen-bond acceptors (Lipinski definition) is 3. The third kappa shape index (κ3) is 4.81. The minimum atomic E-state index is -0.417. The average Bonchev–Trinajstić information content (AvgIpc) is 2.63. The topological polar surface area (TPSA) is 47.6 Å². The number of nitrogens with one attached hydrogen (secondary N) is 1. The minimum Gasteiger partial charge on any atom is -0.484 e. The summed E-state index contributed by atoms with van der Waals surface area (Å²) in [4.78, 5) is 12.1. The quantitative estimate of drug-likeness (QED) is 0.713.